The van der Waals surface area contributed by atoms with E-state index in [1.54, 1.807) is 0 Å². The Bertz CT molecular complexity index is 345. The monoisotopic (exact) mass is 175 g/mol. The lowest BCUT2D eigenvalue weighted by atomic mass is 10.0. The van der Waals surface area contributed by atoms with Crippen molar-refractivity contribution >= 4 is 11.9 Å². The number of hydrogen-bond acceptors (Lipinski definition) is 2. The highest BCUT2D eigenvalue weighted by Gasteiger charge is 2.26. The molecule has 60 valence electrons. The molecule has 2 aliphatic heterocycles. The summed E-state index contributed by atoms with van der Waals surface area (Å²) in [7, 11) is 0. The molecule has 0 amide bonds. The summed E-state index contributed by atoms with van der Waals surface area (Å²) in [6.07, 6.45) is 4.48. The molecule has 0 spiro atoms. The van der Waals surface area contributed by atoms with Gasteiger partial charge >= 0.3 is 0 Å². The fourth-order valence-electron chi connectivity index (χ4n) is 1.78. The fraction of sp³-hybridized carbons (Fsp3) is 0.200. The number of fused-ring (bicyclic) bond motifs is 4. The second-order valence-corrected chi connectivity index (χ2v) is 4.27. The van der Waals surface area contributed by atoms with Gasteiger partial charge in [0, 0.05) is 23.6 Å². The van der Waals surface area contributed by atoms with Crippen LogP contribution in [0.1, 0.15) is 11.5 Å². The molecular weight excluding hydrogens is 166 g/mol. The lowest BCUT2D eigenvalue weighted by Crippen LogP contribution is -2.15. The normalized spacial score (nSPS) is 24.3. The Labute approximate surface area is 76.2 Å². The predicted octanol–water partition coefficient (Wildman–Crippen LogP) is 2.62. The van der Waals surface area contributed by atoms with E-state index in [1.165, 1.54) is 10.5 Å². The highest BCUT2D eigenvalue weighted by atomic mass is 32.2. The summed E-state index contributed by atoms with van der Waals surface area (Å²) < 4.78 is 2.30. The van der Waals surface area contributed by atoms with Crippen LogP contribution in [0.4, 0.5) is 0 Å². The Morgan fingerprint density at radius 3 is 3.25 bits per heavy atom. The molecule has 0 aromatic heterocycles. The smallest absolute Gasteiger partial charge is 0.0396 e. The second-order valence-electron chi connectivity index (χ2n) is 3.18. The Morgan fingerprint density at radius 1 is 1.33 bits per heavy atom. The van der Waals surface area contributed by atoms with Gasteiger partial charge in [0.25, 0.3) is 0 Å². The minimum absolute atomic E-state index is 0.641. The van der Waals surface area contributed by atoms with Crippen LogP contribution in [0.3, 0.4) is 0 Å². The molecule has 1 unspecified atom stereocenters. The Hall–Kier alpha value is -0.890. The van der Waals surface area contributed by atoms with Crippen molar-refractivity contribution in [2.45, 2.75) is 10.8 Å². The molecule has 2 heteroatoms. The molecule has 0 N–H and O–H groups in total. The van der Waals surface area contributed by atoms with Crippen molar-refractivity contribution in [2.75, 3.05) is 6.54 Å². The zero-order valence-electron chi connectivity index (χ0n) is 6.60. The van der Waals surface area contributed by atoms with E-state index in [-0.39, 0.29) is 0 Å². The highest BCUT2D eigenvalue weighted by Crippen LogP contribution is 2.41. The number of benzene rings is 1. The van der Waals surface area contributed by atoms with Gasteiger partial charge in [-0.15, -0.1) is 0 Å². The molecule has 2 aliphatic rings. The first kappa shape index (κ1) is 6.61. The van der Waals surface area contributed by atoms with E-state index in [9.17, 15) is 0 Å². The topological polar surface area (TPSA) is 3.24 Å². The average Bonchev–Trinajstić information content (AvgIpc) is 2.49. The molecule has 3 rings (SSSR count). The standard InChI is InChI=1S/C10H9NS/c1-2-4-10-9(3-1)8-5-6-11(7-8)12-10/h1-6,8H,7H2. The first-order chi connectivity index (χ1) is 5.93. The van der Waals surface area contributed by atoms with Gasteiger partial charge in [-0.05, 0) is 23.6 Å². The van der Waals surface area contributed by atoms with Gasteiger partial charge in [-0.2, -0.15) is 0 Å². The van der Waals surface area contributed by atoms with Gasteiger partial charge in [-0.1, -0.05) is 24.3 Å². The Balaban J connectivity index is 2.17. The van der Waals surface area contributed by atoms with Crippen molar-refractivity contribution in [1.29, 1.82) is 0 Å². The van der Waals surface area contributed by atoms with Crippen molar-refractivity contribution in [3.63, 3.8) is 0 Å². The molecule has 1 atom stereocenters. The number of hydrogen-bond donors (Lipinski definition) is 0. The largest absolute Gasteiger partial charge is 0.319 e. The van der Waals surface area contributed by atoms with E-state index >= 15 is 0 Å². The van der Waals surface area contributed by atoms with Crippen molar-refractivity contribution in [3.05, 3.63) is 42.1 Å². The molecule has 1 aromatic carbocycles. The third kappa shape index (κ3) is 0.815. The molecule has 2 bridgehead atoms. The zero-order valence-corrected chi connectivity index (χ0v) is 7.42. The second kappa shape index (κ2) is 2.30. The van der Waals surface area contributed by atoms with E-state index in [0.717, 1.165) is 6.54 Å². The van der Waals surface area contributed by atoms with Crippen LogP contribution in [-0.4, -0.2) is 10.8 Å². The molecule has 1 nitrogen and oxygen atoms in total. The van der Waals surface area contributed by atoms with Crippen molar-refractivity contribution < 1.29 is 0 Å². The summed E-state index contributed by atoms with van der Waals surface area (Å²) >= 11 is 1.85. The van der Waals surface area contributed by atoms with Gasteiger partial charge < -0.3 is 4.31 Å². The minimum Gasteiger partial charge on any atom is -0.319 e. The van der Waals surface area contributed by atoms with E-state index in [0.29, 0.717) is 5.92 Å². The van der Waals surface area contributed by atoms with Crippen LogP contribution in [0.25, 0.3) is 0 Å². The van der Waals surface area contributed by atoms with Crippen LogP contribution in [0.15, 0.2) is 41.4 Å². The van der Waals surface area contributed by atoms with Crippen LogP contribution in [0, 0.1) is 0 Å². The zero-order chi connectivity index (χ0) is 7.97. The van der Waals surface area contributed by atoms with E-state index < -0.39 is 0 Å². The van der Waals surface area contributed by atoms with Crippen LogP contribution in [0.5, 0.6) is 0 Å². The van der Waals surface area contributed by atoms with Crippen molar-refractivity contribution in [1.82, 2.24) is 4.31 Å². The molecule has 0 saturated carbocycles. The Morgan fingerprint density at radius 2 is 2.25 bits per heavy atom. The minimum atomic E-state index is 0.641. The summed E-state index contributed by atoms with van der Waals surface area (Å²) in [6.45, 7) is 1.15. The summed E-state index contributed by atoms with van der Waals surface area (Å²) in [4.78, 5) is 1.42. The third-order valence-electron chi connectivity index (χ3n) is 2.40. The van der Waals surface area contributed by atoms with E-state index in [4.69, 9.17) is 0 Å². The van der Waals surface area contributed by atoms with Gasteiger partial charge in [0.05, 0.1) is 0 Å². The summed E-state index contributed by atoms with van der Waals surface area (Å²) in [5.41, 5.74) is 1.49. The molecule has 0 radical (unpaired) electrons. The van der Waals surface area contributed by atoms with Crippen LogP contribution in [-0.2, 0) is 0 Å². The maximum absolute atomic E-state index is 2.30. The van der Waals surface area contributed by atoms with Gasteiger partial charge in [0.1, 0.15) is 0 Å². The van der Waals surface area contributed by atoms with Crippen molar-refractivity contribution in [2.24, 2.45) is 0 Å². The maximum Gasteiger partial charge on any atom is 0.0396 e. The van der Waals surface area contributed by atoms with Crippen LogP contribution < -0.4 is 0 Å². The molecule has 0 fully saturated rings. The molecule has 0 saturated heterocycles. The molecule has 1 aromatic rings. The van der Waals surface area contributed by atoms with Gasteiger partial charge in [-0.3, -0.25) is 0 Å². The first-order valence-corrected chi connectivity index (χ1v) is 4.93. The lowest BCUT2D eigenvalue weighted by molar-refractivity contribution is 0.608. The van der Waals surface area contributed by atoms with Gasteiger partial charge in [0.2, 0.25) is 0 Å². The highest BCUT2D eigenvalue weighted by molar-refractivity contribution is 7.97. The molecule has 12 heavy (non-hydrogen) atoms. The SMILES string of the molecule is C1=CN2CC1c1ccccc1S2. The Kier molecular flexibility index (Phi) is 1.27. The molecular formula is C10H9NS. The van der Waals surface area contributed by atoms with E-state index in [2.05, 4.69) is 40.8 Å². The number of rotatable bonds is 0. The molecule has 2 heterocycles. The van der Waals surface area contributed by atoms with E-state index in [1.807, 2.05) is 11.9 Å². The van der Waals surface area contributed by atoms with Gasteiger partial charge in [0.15, 0.2) is 0 Å². The summed E-state index contributed by atoms with van der Waals surface area (Å²) in [5.74, 6) is 0.641. The van der Waals surface area contributed by atoms with Crippen LogP contribution in [0.2, 0.25) is 0 Å². The summed E-state index contributed by atoms with van der Waals surface area (Å²) in [6, 6.07) is 8.67. The lowest BCUT2D eigenvalue weighted by Gasteiger charge is -2.24. The predicted molar refractivity (Wildman–Crippen MR) is 50.9 cm³/mol. The third-order valence-corrected chi connectivity index (χ3v) is 3.47. The molecule has 0 aliphatic carbocycles. The van der Waals surface area contributed by atoms with Gasteiger partial charge in [-0.25, -0.2) is 0 Å². The quantitative estimate of drug-likeness (QED) is 0.558. The fourth-order valence-corrected chi connectivity index (χ4v) is 2.86. The maximum atomic E-state index is 2.30. The van der Waals surface area contributed by atoms with Crippen molar-refractivity contribution in [3.8, 4) is 0 Å². The first-order valence-electron chi connectivity index (χ1n) is 4.15. The summed E-state index contributed by atoms with van der Waals surface area (Å²) in [5, 5.41) is 0. The number of nitrogens with zero attached hydrogens (tertiary/aromatic N) is 1. The van der Waals surface area contributed by atoms with Crippen LogP contribution >= 0.6 is 11.9 Å². The average molecular weight is 175 g/mol.